The molecule has 4 nitrogen and oxygen atoms in total. The van der Waals surface area contributed by atoms with Crippen LogP contribution in [0.15, 0.2) is 24.3 Å². The molecule has 1 aromatic carbocycles. The maximum absolute atomic E-state index is 6.49. The molecule has 2 saturated heterocycles. The van der Waals surface area contributed by atoms with Crippen LogP contribution in [0.3, 0.4) is 0 Å². The van der Waals surface area contributed by atoms with Crippen LogP contribution in [-0.2, 0) is 18.6 Å². The summed E-state index contributed by atoms with van der Waals surface area (Å²) in [6, 6.07) is 8.62. The molecule has 0 saturated carbocycles. The predicted octanol–water partition coefficient (Wildman–Crippen LogP) is 3.99. The van der Waals surface area contributed by atoms with Crippen molar-refractivity contribution in [2.75, 3.05) is 0 Å². The fourth-order valence-electron chi connectivity index (χ4n) is 3.74. The highest BCUT2D eigenvalue weighted by atomic mass is 28.3. The third-order valence-electron chi connectivity index (χ3n) is 6.99. The molecule has 0 unspecified atom stereocenters. The Bertz CT molecular complexity index is 665. The normalized spacial score (nSPS) is 25.1. The number of rotatable bonds is 4. The molecule has 2 aliphatic rings. The van der Waals surface area contributed by atoms with Crippen molar-refractivity contribution in [1.29, 1.82) is 0 Å². The van der Waals surface area contributed by atoms with Gasteiger partial charge in [0.25, 0.3) is 0 Å². The Hall–Kier alpha value is -0.593. The van der Waals surface area contributed by atoms with Crippen LogP contribution < -0.4 is 5.19 Å². The molecule has 0 aromatic heterocycles. The fourth-order valence-corrected chi connectivity index (χ4v) is 4.99. The average molecular weight is 401 g/mol. The van der Waals surface area contributed by atoms with E-state index in [1.807, 2.05) is 0 Å². The van der Waals surface area contributed by atoms with Gasteiger partial charge in [0.1, 0.15) is 0 Å². The summed E-state index contributed by atoms with van der Waals surface area (Å²) >= 11 is 0. The van der Waals surface area contributed by atoms with Crippen molar-refractivity contribution in [1.82, 2.24) is 0 Å². The van der Waals surface area contributed by atoms with E-state index in [4.69, 9.17) is 18.6 Å². The average Bonchev–Trinajstić information content (AvgIpc) is 2.87. The van der Waals surface area contributed by atoms with Crippen LogP contribution in [0, 0.1) is 0 Å². The van der Waals surface area contributed by atoms with Crippen LogP contribution in [-0.4, -0.2) is 45.4 Å². The molecule has 2 fully saturated rings. The Morgan fingerprint density at radius 1 is 0.679 bits per heavy atom. The van der Waals surface area contributed by atoms with Gasteiger partial charge in [-0.25, -0.2) is 0 Å². The minimum atomic E-state index is -0.680. The van der Waals surface area contributed by atoms with E-state index in [9.17, 15) is 0 Å². The summed E-state index contributed by atoms with van der Waals surface area (Å²) in [5.74, 6) is 0. The molecule has 0 atom stereocenters. The molecule has 7 heteroatoms. The SMILES string of the molecule is C[Si](C)c1ccccc1C(B1OC(C)(C)C(C)(C)O1)B1OC(C)(C)C(C)(C)O1. The summed E-state index contributed by atoms with van der Waals surface area (Å²) in [5.41, 5.74) is -0.542. The maximum Gasteiger partial charge on any atom is 0.463 e. The van der Waals surface area contributed by atoms with E-state index in [0.717, 1.165) is 0 Å². The second-order valence-corrected chi connectivity index (χ2v) is 12.9. The van der Waals surface area contributed by atoms with Gasteiger partial charge in [-0.2, -0.15) is 0 Å². The maximum atomic E-state index is 6.49. The Balaban J connectivity index is 2.07. The molecule has 0 spiro atoms. The zero-order valence-corrected chi connectivity index (χ0v) is 20.2. The minimum Gasteiger partial charge on any atom is -0.403 e. The molecular weight excluding hydrogens is 366 g/mol. The van der Waals surface area contributed by atoms with Crippen molar-refractivity contribution in [3.63, 3.8) is 0 Å². The lowest BCUT2D eigenvalue weighted by Crippen LogP contribution is -2.45. The molecule has 153 valence electrons. The molecule has 28 heavy (non-hydrogen) atoms. The third kappa shape index (κ3) is 3.65. The molecule has 0 amide bonds. The van der Waals surface area contributed by atoms with Gasteiger partial charge in [-0.15, -0.1) is 0 Å². The van der Waals surface area contributed by atoms with Crippen LogP contribution in [0.1, 0.15) is 66.7 Å². The second kappa shape index (κ2) is 6.98. The number of hydrogen-bond acceptors (Lipinski definition) is 4. The molecule has 0 N–H and O–H groups in total. The van der Waals surface area contributed by atoms with Crippen molar-refractivity contribution < 1.29 is 18.6 Å². The van der Waals surface area contributed by atoms with E-state index in [-0.39, 0.29) is 5.72 Å². The molecule has 2 heterocycles. The highest BCUT2D eigenvalue weighted by molar-refractivity contribution is 6.74. The summed E-state index contributed by atoms with van der Waals surface area (Å²) in [6.45, 7) is 21.4. The lowest BCUT2D eigenvalue weighted by atomic mass is 9.49. The largest absolute Gasteiger partial charge is 0.463 e. The van der Waals surface area contributed by atoms with Gasteiger partial charge in [-0.1, -0.05) is 42.5 Å². The van der Waals surface area contributed by atoms with E-state index >= 15 is 0 Å². The van der Waals surface area contributed by atoms with Crippen LogP contribution in [0.5, 0.6) is 0 Å². The van der Waals surface area contributed by atoms with Crippen LogP contribution in [0.25, 0.3) is 0 Å². The molecular formula is C21H35B2O4Si. The highest BCUT2D eigenvalue weighted by Gasteiger charge is 2.62. The Morgan fingerprint density at radius 3 is 1.39 bits per heavy atom. The molecule has 1 aromatic rings. The van der Waals surface area contributed by atoms with E-state index in [2.05, 4.69) is 92.7 Å². The minimum absolute atomic E-state index is 0.154. The first-order valence-electron chi connectivity index (χ1n) is 10.3. The summed E-state index contributed by atoms with van der Waals surface area (Å²) in [5, 5.41) is 1.38. The van der Waals surface area contributed by atoms with Crippen molar-refractivity contribution in [3.8, 4) is 0 Å². The zero-order valence-electron chi connectivity index (χ0n) is 19.2. The standard InChI is InChI=1S/C21H35B2O4Si/c1-18(2)19(3,4)25-22(24-18)17(15-13-11-12-14-16(15)28(9)10)23-26-20(5,6)21(7,8)27-23/h11-14,17H,1-10H3. The van der Waals surface area contributed by atoms with Gasteiger partial charge in [0.05, 0.1) is 36.9 Å². The van der Waals surface area contributed by atoms with Crippen LogP contribution in [0.2, 0.25) is 13.1 Å². The Kier molecular flexibility index (Phi) is 5.51. The molecule has 0 bridgehead atoms. The van der Waals surface area contributed by atoms with E-state index in [0.29, 0.717) is 0 Å². The first-order chi connectivity index (χ1) is 12.7. The summed E-state index contributed by atoms with van der Waals surface area (Å²) < 4.78 is 26.0. The highest BCUT2D eigenvalue weighted by Crippen LogP contribution is 2.46. The Morgan fingerprint density at radius 2 is 1.04 bits per heavy atom. The lowest BCUT2D eigenvalue weighted by molar-refractivity contribution is 0.00578. The third-order valence-corrected chi connectivity index (χ3v) is 8.52. The number of benzene rings is 1. The van der Waals surface area contributed by atoms with Gasteiger partial charge in [-0.05, 0) is 61.0 Å². The smallest absolute Gasteiger partial charge is 0.403 e. The van der Waals surface area contributed by atoms with Crippen molar-refractivity contribution in [2.24, 2.45) is 0 Å². The van der Waals surface area contributed by atoms with Gasteiger partial charge in [0.15, 0.2) is 0 Å². The monoisotopic (exact) mass is 401 g/mol. The van der Waals surface area contributed by atoms with Gasteiger partial charge < -0.3 is 18.6 Å². The molecule has 1 radical (unpaired) electrons. The number of hydrogen-bond donors (Lipinski definition) is 0. The van der Waals surface area contributed by atoms with E-state index in [1.165, 1.54) is 10.8 Å². The summed E-state index contributed by atoms with van der Waals surface area (Å²) in [7, 11) is -1.54. The van der Waals surface area contributed by atoms with Gasteiger partial charge >= 0.3 is 14.2 Å². The van der Waals surface area contributed by atoms with Crippen LogP contribution >= 0.6 is 0 Å². The van der Waals surface area contributed by atoms with Crippen LogP contribution in [0.4, 0.5) is 0 Å². The van der Waals surface area contributed by atoms with Crippen molar-refractivity contribution in [2.45, 2.75) is 96.6 Å². The summed E-state index contributed by atoms with van der Waals surface area (Å²) in [4.78, 5) is 0. The van der Waals surface area contributed by atoms with Gasteiger partial charge in [0, 0.05) is 0 Å². The summed E-state index contributed by atoms with van der Waals surface area (Å²) in [6.07, 6.45) is 0. The molecule has 3 rings (SSSR count). The van der Waals surface area contributed by atoms with E-state index < -0.39 is 45.4 Å². The van der Waals surface area contributed by atoms with Gasteiger partial charge in [0.2, 0.25) is 0 Å². The first kappa shape index (κ1) is 22.1. The van der Waals surface area contributed by atoms with E-state index in [1.54, 1.807) is 0 Å². The Labute approximate surface area is 173 Å². The van der Waals surface area contributed by atoms with Gasteiger partial charge in [-0.3, -0.25) is 0 Å². The van der Waals surface area contributed by atoms with Crippen molar-refractivity contribution in [3.05, 3.63) is 29.8 Å². The molecule has 2 aliphatic heterocycles. The lowest BCUT2D eigenvalue weighted by Gasteiger charge is -2.32. The molecule has 0 aliphatic carbocycles. The first-order valence-corrected chi connectivity index (χ1v) is 12.8. The fraction of sp³-hybridized carbons (Fsp3) is 0.714. The topological polar surface area (TPSA) is 36.9 Å². The predicted molar refractivity (Wildman–Crippen MR) is 118 cm³/mol. The quantitative estimate of drug-likeness (QED) is 0.715. The van der Waals surface area contributed by atoms with Crippen molar-refractivity contribution >= 4 is 28.2 Å². The zero-order chi connectivity index (χ0) is 21.1. The second-order valence-electron chi connectivity index (χ2n) is 10.4.